The molecule has 0 saturated carbocycles. The van der Waals surface area contributed by atoms with Gasteiger partial charge in [0.2, 0.25) is 5.43 Å². The molecule has 0 radical (unpaired) electrons. The highest BCUT2D eigenvalue weighted by molar-refractivity contribution is 5.97. The van der Waals surface area contributed by atoms with Crippen LogP contribution >= 0.6 is 0 Å². The molecule has 0 unspecified atom stereocenters. The lowest BCUT2D eigenvalue weighted by Crippen LogP contribution is -2.00. The summed E-state index contributed by atoms with van der Waals surface area (Å²) in [6.45, 7) is 1.11. The number of carbonyl (C=O) groups is 1. The first kappa shape index (κ1) is 10.8. The molecule has 0 aliphatic heterocycles. The van der Waals surface area contributed by atoms with Crippen molar-refractivity contribution in [3.8, 4) is 5.75 Å². The molecule has 0 atom stereocenters. The first-order chi connectivity index (χ1) is 6.93. The molecule has 1 aromatic rings. The molecule has 0 amide bonds. The predicted octanol–water partition coefficient (Wildman–Crippen LogP) is 0.863. The van der Waals surface area contributed by atoms with Gasteiger partial charge < -0.3 is 5.11 Å². The van der Waals surface area contributed by atoms with Crippen LogP contribution in [0.5, 0.6) is 5.75 Å². The largest absolute Gasteiger partial charge is 0.504 e. The molecule has 1 aromatic carbocycles. The molecule has 6 heteroatoms. The Morgan fingerprint density at radius 1 is 1.47 bits per heavy atom. The number of nitrogens with zero attached hydrogens (tertiary/aromatic N) is 1. The molecule has 0 aliphatic rings. The van der Waals surface area contributed by atoms with Crippen molar-refractivity contribution in [3.05, 3.63) is 44.1 Å². The third kappa shape index (κ3) is 2.16. The van der Waals surface area contributed by atoms with E-state index in [2.05, 4.69) is 0 Å². The molecule has 0 aromatic heterocycles. The summed E-state index contributed by atoms with van der Waals surface area (Å²) in [6, 6.07) is 2.66. The zero-order chi connectivity index (χ0) is 11.6. The van der Waals surface area contributed by atoms with E-state index in [9.17, 15) is 24.8 Å². The fourth-order valence-electron chi connectivity index (χ4n) is 1.02. The van der Waals surface area contributed by atoms with Crippen LogP contribution in [-0.4, -0.2) is 15.8 Å². The van der Waals surface area contributed by atoms with Gasteiger partial charge in [0.15, 0.2) is 11.5 Å². The molecular formula is C9H7NO5. The molecule has 0 spiro atoms. The molecule has 6 nitrogen and oxygen atoms in total. The third-order valence-corrected chi connectivity index (χ3v) is 1.78. The van der Waals surface area contributed by atoms with Crippen LogP contribution in [0.25, 0.3) is 0 Å². The number of ketones is 1. The lowest BCUT2D eigenvalue weighted by Gasteiger charge is -1.92. The average Bonchev–Trinajstić information content (AvgIpc) is 2.28. The summed E-state index contributed by atoms with van der Waals surface area (Å²) in [5, 5.41) is 19.7. The number of rotatable bonds is 2. The first-order valence-electron chi connectivity index (χ1n) is 3.96. The van der Waals surface area contributed by atoms with Gasteiger partial charge in [-0.05, 0) is 13.0 Å². The molecule has 0 bridgehead atoms. The molecule has 0 aliphatic carbocycles. The van der Waals surface area contributed by atoms with Crippen molar-refractivity contribution < 1.29 is 14.8 Å². The minimum absolute atomic E-state index is 0.350. The van der Waals surface area contributed by atoms with Crippen molar-refractivity contribution >= 4 is 11.5 Å². The van der Waals surface area contributed by atoms with Gasteiger partial charge in [0.25, 0.3) is 5.69 Å². The van der Waals surface area contributed by atoms with Crippen LogP contribution in [0, 0.1) is 10.1 Å². The Bertz CT molecular complexity index is 494. The van der Waals surface area contributed by atoms with Crippen LogP contribution in [0.1, 0.15) is 17.3 Å². The zero-order valence-corrected chi connectivity index (χ0v) is 7.76. The minimum Gasteiger partial charge on any atom is -0.504 e. The van der Waals surface area contributed by atoms with Crippen molar-refractivity contribution in [1.82, 2.24) is 0 Å². The Morgan fingerprint density at radius 3 is 2.53 bits per heavy atom. The zero-order valence-electron chi connectivity index (χ0n) is 7.76. The van der Waals surface area contributed by atoms with Crippen LogP contribution in [-0.2, 0) is 0 Å². The lowest BCUT2D eigenvalue weighted by atomic mass is 10.2. The summed E-state index contributed by atoms with van der Waals surface area (Å²) in [5.41, 5.74) is -1.59. The van der Waals surface area contributed by atoms with E-state index >= 15 is 0 Å². The SMILES string of the molecule is CC(=O)c1cc([N+](=O)[O-])ccc(=O)c1O. The maximum Gasteiger partial charge on any atom is 0.270 e. The van der Waals surface area contributed by atoms with Gasteiger partial charge in [0, 0.05) is 12.1 Å². The second-order valence-corrected chi connectivity index (χ2v) is 2.84. The summed E-state index contributed by atoms with van der Waals surface area (Å²) in [5.74, 6) is -1.38. The van der Waals surface area contributed by atoms with Crippen molar-refractivity contribution in [3.63, 3.8) is 0 Å². The molecule has 15 heavy (non-hydrogen) atoms. The molecule has 1 rings (SSSR count). The van der Waals surface area contributed by atoms with Gasteiger partial charge in [-0.1, -0.05) is 0 Å². The molecule has 78 valence electrons. The van der Waals surface area contributed by atoms with E-state index in [4.69, 9.17) is 0 Å². The number of aromatic hydroxyl groups is 1. The van der Waals surface area contributed by atoms with E-state index < -0.39 is 27.6 Å². The summed E-state index contributed by atoms with van der Waals surface area (Å²) < 4.78 is 0. The maximum atomic E-state index is 11.1. The Balaban J connectivity index is 3.64. The number of hydrogen-bond donors (Lipinski definition) is 1. The van der Waals surface area contributed by atoms with Crippen molar-refractivity contribution in [2.45, 2.75) is 6.92 Å². The smallest absolute Gasteiger partial charge is 0.270 e. The van der Waals surface area contributed by atoms with E-state index in [0.29, 0.717) is 0 Å². The normalized spacial score (nSPS) is 9.67. The van der Waals surface area contributed by atoms with Gasteiger partial charge in [-0.25, -0.2) is 0 Å². The maximum absolute atomic E-state index is 11.1. The van der Waals surface area contributed by atoms with Crippen LogP contribution in [0.3, 0.4) is 0 Å². The van der Waals surface area contributed by atoms with Gasteiger partial charge in [-0.3, -0.25) is 19.7 Å². The predicted molar refractivity (Wildman–Crippen MR) is 51.0 cm³/mol. The second-order valence-electron chi connectivity index (χ2n) is 2.84. The van der Waals surface area contributed by atoms with E-state index in [-0.39, 0.29) is 5.56 Å². The number of Topliss-reactive ketones (excluding diaryl/α,β-unsaturated/α-hetero) is 1. The Kier molecular flexibility index (Phi) is 2.80. The first-order valence-corrected chi connectivity index (χ1v) is 3.96. The highest BCUT2D eigenvalue weighted by Gasteiger charge is 2.13. The van der Waals surface area contributed by atoms with Crippen molar-refractivity contribution in [1.29, 1.82) is 0 Å². The van der Waals surface area contributed by atoms with Crippen molar-refractivity contribution in [2.75, 3.05) is 0 Å². The van der Waals surface area contributed by atoms with Gasteiger partial charge >= 0.3 is 0 Å². The topological polar surface area (TPSA) is 97.5 Å². The van der Waals surface area contributed by atoms with E-state index in [0.717, 1.165) is 25.1 Å². The summed E-state index contributed by atoms with van der Waals surface area (Å²) in [6.07, 6.45) is 0. The minimum atomic E-state index is -0.826. The Labute approximate surface area is 83.9 Å². The van der Waals surface area contributed by atoms with E-state index in [1.165, 1.54) is 0 Å². The third-order valence-electron chi connectivity index (χ3n) is 1.78. The molecule has 0 fully saturated rings. The standard InChI is InChI=1S/C9H7NO5/c1-5(11)7-4-6(10(14)15)2-3-8(12)9(7)13/h2-4H,1H3,(H,12,13). The van der Waals surface area contributed by atoms with Crippen LogP contribution in [0.4, 0.5) is 5.69 Å². The molecule has 1 N–H and O–H groups in total. The summed E-state index contributed by atoms with van der Waals surface area (Å²) in [4.78, 5) is 31.8. The lowest BCUT2D eigenvalue weighted by molar-refractivity contribution is -0.384. The second kappa shape index (κ2) is 3.87. The average molecular weight is 209 g/mol. The van der Waals surface area contributed by atoms with E-state index in [1.54, 1.807) is 0 Å². The Morgan fingerprint density at radius 2 is 2.07 bits per heavy atom. The van der Waals surface area contributed by atoms with Gasteiger partial charge in [-0.15, -0.1) is 0 Å². The van der Waals surface area contributed by atoms with Gasteiger partial charge in [0.05, 0.1) is 10.5 Å². The quantitative estimate of drug-likeness (QED) is 0.442. The number of carbonyl (C=O) groups excluding carboxylic acids is 1. The molecule has 0 heterocycles. The highest BCUT2D eigenvalue weighted by atomic mass is 16.6. The van der Waals surface area contributed by atoms with Gasteiger partial charge in [-0.2, -0.15) is 0 Å². The summed E-state index contributed by atoms with van der Waals surface area (Å²) >= 11 is 0. The fraction of sp³-hybridized carbons (Fsp3) is 0.111. The van der Waals surface area contributed by atoms with E-state index in [1.807, 2.05) is 0 Å². The van der Waals surface area contributed by atoms with Gasteiger partial charge in [0.1, 0.15) is 0 Å². The monoisotopic (exact) mass is 209 g/mol. The van der Waals surface area contributed by atoms with Crippen LogP contribution < -0.4 is 5.43 Å². The number of hydrogen-bond acceptors (Lipinski definition) is 5. The molecular weight excluding hydrogens is 202 g/mol. The van der Waals surface area contributed by atoms with Crippen LogP contribution in [0.2, 0.25) is 0 Å². The van der Waals surface area contributed by atoms with Crippen molar-refractivity contribution in [2.24, 2.45) is 0 Å². The highest BCUT2D eigenvalue weighted by Crippen LogP contribution is 2.17. The Hall–Kier alpha value is -2.24. The molecule has 0 saturated heterocycles. The fourth-order valence-corrected chi connectivity index (χ4v) is 1.02. The summed E-state index contributed by atoms with van der Waals surface area (Å²) in [7, 11) is 0. The number of nitro groups is 1. The van der Waals surface area contributed by atoms with Crippen LogP contribution in [0.15, 0.2) is 23.0 Å².